The number of carbonyl (C=O) groups is 1. The van der Waals surface area contributed by atoms with Crippen molar-refractivity contribution in [3.8, 4) is 0 Å². The van der Waals surface area contributed by atoms with E-state index in [1.807, 2.05) is 7.05 Å². The van der Waals surface area contributed by atoms with E-state index in [2.05, 4.69) is 50.0 Å². The minimum Gasteiger partial charge on any atom is -0.394 e. The van der Waals surface area contributed by atoms with Crippen LogP contribution in [0.3, 0.4) is 0 Å². The lowest BCUT2D eigenvalue weighted by Gasteiger charge is -2.29. The van der Waals surface area contributed by atoms with Crippen LogP contribution in [0, 0.1) is 5.82 Å². The van der Waals surface area contributed by atoms with Crippen LogP contribution in [0.1, 0.15) is 50.4 Å². The lowest BCUT2D eigenvalue weighted by atomic mass is 9.81. The summed E-state index contributed by atoms with van der Waals surface area (Å²) >= 11 is 0. The highest BCUT2D eigenvalue weighted by molar-refractivity contribution is 6.18. The molecular weight excluding hydrogens is 423 g/mol. The van der Waals surface area contributed by atoms with Crippen LogP contribution in [0.5, 0.6) is 0 Å². The molecule has 0 saturated heterocycles. The van der Waals surface area contributed by atoms with Crippen molar-refractivity contribution in [3.63, 3.8) is 0 Å². The van der Waals surface area contributed by atoms with Crippen molar-refractivity contribution >= 4 is 11.5 Å². The summed E-state index contributed by atoms with van der Waals surface area (Å²) in [6.07, 6.45) is 1.46. The predicted molar refractivity (Wildman–Crippen MR) is 121 cm³/mol. The van der Waals surface area contributed by atoms with E-state index in [0.717, 1.165) is 17.7 Å². The molecule has 0 spiro atoms. The molecule has 0 fully saturated rings. The third kappa shape index (κ3) is 3.88. The first kappa shape index (κ1) is 21.6. The molecule has 2 aliphatic rings. The van der Waals surface area contributed by atoms with Crippen LogP contribution >= 0.6 is 0 Å². The Morgan fingerprint density at radius 2 is 2.09 bits per heavy atom. The summed E-state index contributed by atoms with van der Waals surface area (Å²) in [5, 5.41) is 20.6. The number of halogens is 1. The second-order valence-corrected chi connectivity index (χ2v) is 8.29. The van der Waals surface area contributed by atoms with Crippen molar-refractivity contribution in [2.45, 2.75) is 31.6 Å². The van der Waals surface area contributed by atoms with Gasteiger partial charge in [-0.25, -0.2) is 14.1 Å². The maximum absolute atomic E-state index is 14.4. The number of benzene rings is 2. The molecule has 0 radical (unpaired) electrons. The molecule has 3 N–H and O–H groups in total. The van der Waals surface area contributed by atoms with Crippen molar-refractivity contribution in [3.05, 3.63) is 82.2 Å². The Kier molecular flexibility index (Phi) is 5.84. The van der Waals surface area contributed by atoms with Crippen molar-refractivity contribution < 1.29 is 14.3 Å². The summed E-state index contributed by atoms with van der Waals surface area (Å²) in [6, 6.07) is 10.8. The van der Waals surface area contributed by atoms with E-state index in [4.69, 9.17) is 0 Å². The molecule has 9 heteroatoms. The van der Waals surface area contributed by atoms with Gasteiger partial charge in [-0.2, -0.15) is 5.10 Å². The number of nitrogens with zero attached hydrogens (tertiary/aromatic N) is 4. The maximum Gasteiger partial charge on any atom is 0.184 e. The van der Waals surface area contributed by atoms with Gasteiger partial charge in [0, 0.05) is 30.3 Å². The largest absolute Gasteiger partial charge is 0.394 e. The summed E-state index contributed by atoms with van der Waals surface area (Å²) in [4.78, 5) is 21.9. The number of Topliss-reactive ketones (excluding diaryl/α,β-unsaturated/α-hetero) is 1. The fourth-order valence-electron chi connectivity index (χ4n) is 4.81. The molecule has 33 heavy (non-hydrogen) atoms. The standard InChI is InChI=1S/C24H25FN6O2/c1-26-10-14-2-4-15(5-3-14)22-21(24-29-13-30-31(24)6-7-32)23-20-16(11-27-22)8-17(25)9-18(20)19(33)12-28-23/h2-5,8-9,13,21-22,26-27,32H,6-7,10-12H2,1H3. The van der Waals surface area contributed by atoms with Gasteiger partial charge in [-0.15, -0.1) is 0 Å². The Morgan fingerprint density at radius 3 is 2.85 bits per heavy atom. The third-order valence-corrected chi connectivity index (χ3v) is 6.23. The Balaban J connectivity index is 1.69. The van der Waals surface area contributed by atoms with E-state index in [1.165, 1.54) is 18.5 Å². The lowest BCUT2D eigenvalue weighted by molar-refractivity contribution is 0.0999. The number of aliphatic imine (C=N–C) groups is 1. The summed E-state index contributed by atoms with van der Waals surface area (Å²) in [5.41, 5.74) is 4.61. The zero-order valence-corrected chi connectivity index (χ0v) is 18.3. The number of aliphatic hydroxyl groups is 1. The van der Waals surface area contributed by atoms with Crippen molar-refractivity contribution in [1.82, 2.24) is 25.4 Å². The molecule has 5 rings (SSSR count). The van der Waals surface area contributed by atoms with Crippen LogP contribution in [-0.4, -0.2) is 51.6 Å². The fourth-order valence-corrected chi connectivity index (χ4v) is 4.81. The summed E-state index contributed by atoms with van der Waals surface area (Å²) in [6.45, 7) is 1.30. The summed E-state index contributed by atoms with van der Waals surface area (Å²) in [7, 11) is 1.90. The highest BCUT2D eigenvalue weighted by atomic mass is 19.1. The normalized spacial score (nSPS) is 19.7. The molecule has 170 valence electrons. The van der Waals surface area contributed by atoms with Crippen LogP contribution < -0.4 is 10.6 Å². The average Bonchev–Trinajstić information content (AvgIpc) is 3.19. The van der Waals surface area contributed by atoms with E-state index in [0.29, 0.717) is 34.8 Å². The zero-order chi connectivity index (χ0) is 22.9. The number of aromatic nitrogens is 3. The maximum atomic E-state index is 14.4. The quantitative estimate of drug-likeness (QED) is 0.531. The SMILES string of the molecule is CNCc1ccc(C2NCc3cc(F)cc4c3C(=NCC4=O)C2c2ncnn2CCO)cc1. The van der Waals surface area contributed by atoms with Crippen molar-refractivity contribution in [1.29, 1.82) is 0 Å². The monoisotopic (exact) mass is 448 g/mol. The number of carbonyl (C=O) groups excluding carboxylic acids is 1. The van der Waals surface area contributed by atoms with Crippen LogP contribution in [0.2, 0.25) is 0 Å². The van der Waals surface area contributed by atoms with Crippen LogP contribution in [0.25, 0.3) is 0 Å². The molecule has 1 aromatic heterocycles. The molecule has 8 nitrogen and oxygen atoms in total. The molecule has 0 saturated carbocycles. The third-order valence-electron chi connectivity index (χ3n) is 6.23. The number of hydrogen-bond acceptors (Lipinski definition) is 7. The number of ketones is 1. The van der Waals surface area contributed by atoms with Gasteiger partial charge in [0.1, 0.15) is 24.5 Å². The molecule has 0 amide bonds. The van der Waals surface area contributed by atoms with Gasteiger partial charge >= 0.3 is 0 Å². The smallest absolute Gasteiger partial charge is 0.184 e. The van der Waals surface area contributed by atoms with Gasteiger partial charge in [-0.3, -0.25) is 9.79 Å². The van der Waals surface area contributed by atoms with Gasteiger partial charge in [0.15, 0.2) is 5.78 Å². The van der Waals surface area contributed by atoms with Gasteiger partial charge in [0.25, 0.3) is 0 Å². The molecule has 0 aliphatic carbocycles. The molecule has 0 bridgehead atoms. The first-order valence-electron chi connectivity index (χ1n) is 11.0. The highest BCUT2D eigenvalue weighted by Crippen LogP contribution is 2.40. The van der Waals surface area contributed by atoms with E-state index >= 15 is 0 Å². The second kappa shape index (κ2) is 8.93. The predicted octanol–water partition coefficient (Wildman–Crippen LogP) is 1.74. The summed E-state index contributed by atoms with van der Waals surface area (Å²) in [5.74, 6) is -0.375. The van der Waals surface area contributed by atoms with E-state index in [9.17, 15) is 14.3 Å². The van der Waals surface area contributed by atoms with Gasteiger partial charge in [0.05, 0.1) is 24.8 Å². The van der Waals surface area contributed by atoms with Crippen molar-refractivity contribution in [2.24, 2.45) is 4.99 Å². The van der Waals surface area contributed by atoms with Gasteiger partial charge in [-0.05, 0) is 35.9 Å². The average molecular weight is 449 g/mol. The Labute approximate surface area is 190 Å². The molecule has 2 atom stereocenters. The number of aliphatic hydroxyl groups excluding tert-OH is 1. The van der Waals surface area contributed by atoms with Crippen molar-refractivity contribution in [2.75, 3.05) is 20.2 Å². The fraction of sp³-hybridized carbons (Fsp3) is 0.333. The molecule has 2 aromatic carbocycles. The second-order valence-electron chi connectivity index (χ2n) is 8.29. The Hall–Kier alpha value is -3.27. The van der Waals surface area contributed by atoms with Crippen LogP contribution in [0.4, 0.5) is 4.39 Å². The van der Waals surface area contributed by atoms with Gasteiger partial charge in [-0.1, -0.05) is 24.3 Å². The van der Waals surface area contributed by atoms with Crippen LogP contribution in [-0.2, 0) is 19.6 Å². The van der Waals surface area contributed by atoms with E-state index in [1.54, 1.807) is 4.68 Å². The number of nitrogens with one attached hydrogen (secondary N) is 2. The number of hydrogen-bond donors (Lipinski definition) is 3. The van der Waals surface area contributed by atoms with Crippen LogP contribution in [0.15, 0.2) is 47.7 Å². The van der Waals surface area contributed by atoms with E-state index in [-0.39, 0.29) is 37.4 Å². The molecular formula is C24H25FN6O2. The Bertz CT molecular complexity index is 1220. The topological polar surface area (TPSA) is 104 Å². The Morgan fingerprint density at radius 1 is 1.27 bits per heavy atom. The molecule has 3 aromatic rings. The number of rotatable bonds is 6. The molecule has 2 aliphatic heterocycles. The van der Waals surface area contributed by atoms with E-state index < -0.39 is 5.82 Å². The highest BCUT2D eigenvalue weighted by Gasteiger charge is 2.40. The summed E-state index contributed by atoms with van der Waals surface area (Å²) < 4.78 is 16.1. The minimum absolute atomic E-state index is 0.0380. The minimum atomic E-state index is -0.435. The first-order chi connectivity index (χ1) is 16.1. The molecule has 2 unspecified atom stereocenters. The first-order valence-corrected chi connectivity index (χ1v) is 11.0. The molecule has 3 heterocycles. The van der Waals surface area contributed by atoms with Gasteiger partial charge < -0.3 is 15.7 Å². The lowest BCUT2D eigenvalue weighted by Crippen LogP contribution is -2.33. The van der Waals surface area contributed by atoms with Gasteiger partial charge in [0.2, 0.25) is 0 Å². The zero-order valence-electron chi connectivity index (χ0n) is 18.3.